The van der Waals surface area contributed by atoms with Crippen molar-refractivity contribution in [1.82, 2.24) is 9.78 Å². The van der Waals surface area contributed by atoms with E-state index >= 15 is 0 Å². The number of aryl methyl sites for hydroxylation is 1. The first kappa shape index (κ1) is 7.92. The SMILES string of the molecule is Nc1nn(CCC2CC2)cc1Cl. The lowest BCUT2D eigenvalue weighted by Gasteiger charge is -1.97. The summed E-state index contributed by atoms with van der Waals surface area (Å²) in [7, 11) is 0. The van der Waals surface area contributed by atoms with Crippen molar-refractivity contribution in [3.8, 4) is 0 Å². The Morgan fingerprint density at radius 3 is 2.92 bits per heavy atom. The van der Waals surface area contributed by atoms with Crippen molar-refractivity contribution in [2.75, 3.05) is 5.73 Å². The molecule has 1 heterocycles. The highest BCUT2D eigenvalue weighted by molar-refractivity contribution is 6.32. The van der Waals surface area contributed by atoms with Crippen LogP contribution in [0.15, 0.2) is 6.20 Å². The van der Waals surface area contributed by atoms with E-state index in [-0.39, 0.29) is 0 Å². The third kappa shape index (κ3) is 1.72. The van der Waals surface area contributed by atoms with Crippen molar-refractivity contribution in [2.45, 2.75) is 25.8 Å². The van der Waals surface area contributed by atoms with Gasteiger partial charge in [0.2, 0.25) is 0 Å². The molecule has 66 valence electrons. The maximum atomic E-state index is 5.75. The number of nitrogen functional groups attached to an aromatic ring is 1. The fourth-order valence-corrected chi connectivity index (χ4v) is 1.40. The predicted molar refractivity (Wildman–Crippen MR) is 49.0 cm³/mol. The van der Waals surface area contributed by atoms with Crippen LogP contribution in [0.1, 0.15) is 19.3 Å². The van der Waals surface area contributed by atoms with Crippen LogP contribution in [0.5, 0.6) is 0 Å². The zero-order chi connectivity index (χ0) is 8.55. The smallest absolute Gasteiger partial charge is 0.164 e. The van der Waals surface area contributed by atoms with Gasteiger partial charge in [0.05, 0.1) is 0 Å². The molecule has 0 aliphatic heterocycles. The lowest BCUT2D eigenvalue weighted by atomic mass is 10.3. The Bertz CT molecular complexity index is 258. The minimum absolute atomic E-state index is 0.437. The zero-order valence-corrected chi connectivity index (χ0v) is 7.59. The highest BCUT2D eigenvalue weighted by atomic mass is 35.5. The van der Waals surface area contributed by atoms with Gasteiger partial charge in [0.15, 0.2) is 5.82 Å². The van der Waals surface area contributed by atoms with Crippen LogP contribution in [-0.4, -0.2) is 9.78 Å². The summed E-state index contributed by atoms with van der Waals surface area (Å²) in [5.74, 6) is 1.36. The lowest BCUT2D eigenvalue weighted by Crippen LogP contribution is -2.00. The van der Waals surface area contributed by atoms with Crippen LogP contribution >= 0.6 is 11.6 Å². The van der Waals surface area contributed by atoms with E-state index in [4.69, 9.17) is 17.3 Å². The second-order valence-electron chi connectivity index (χ2n) is 3.36. The molecule has 1 aliphatic rings. The maximum Gasteiger partial charge on any atom is 0.164 e. The van der Waals surface area contributed by atoms with Crippen LogP contribution in [0.4, 0.5) is 5.82 Å². The molecular weight excluding hydrogens is 174 g/mol. The summed E-state index contributed by atoms with van der Waals surface area (Å²) < 4.78 is 1.83. The quantitative estimate of drug-likeness (QED) is 0.782. The van der Waals surface area contributed by atoms with Crippen molar-refractivity contribution < 1.29 is 0 Å². The van der Waals surface area contributed by atoms with E-state index in [0.717, 1.165) is 12.5 Å². The number of nitrogens with zero attached hydrogens (tertiary/aromatic N) is 2. The van der Waals surface area contributed by atoms with Crippen LogP contribution < -0.4 is 5.73 Å². The summed E-state index contributed by atoms with van der Waals surface area (Å²) in [6, 6.07) is 0. The van der Waals surface area contributed by atoms with Crippen molar-refractivity contribution in [2.24, 2.45) is 5.92 Å². The highest BCUT2D eigenvalue weighted by Crippen LogP contribution is 2.32. The normalized spacial score (nSPS) is 16.8. The van der Waals surface area contributed by atoms with E-state index in [0.29, 0.717) is 10.8 Å². The Labute approximate surface area is 76.5 Å². The minimum Gasteiger partial charge on any atom is -0.381 e. The van der Waals surface area contributed by atoms with Gasteiger partial charge in [-0.3, -0.25) is 4.68 Å². The van der Waals surface area contributed by atoms with Crippen molar-refractivity contribution >= 4 is 17.4 Å². The summed E-state index contributed by atoms with van der Waals surface area (Å²) in [4.78, 5) is 0. The largest absolute Gasteiger partial charge is 0.381 e. The molecule has 12 heavy (non-hydrogen) atoms. The lowest BCUT2D eigenvalue weighted by molar-refractivity contribution is 0.548. The van der Waals surface area contributed by atoms with Crippen LogP contribution in [0.25, 0.3) is 0 Å². The molecule has 0 spiro atoms. The first-order valence-corrected chi connectivity index (χ1v) is 4.62. The highest BCUT2D eigenvalue weighted by Gasteiger charge is 2.20. The van der Waals surface area contributed by atoms with Gasteiger partial charge in [0.25, 0.3) is 0 Å². The average molecular weight is 186 g/mol. The van der Waals surface area contributed by atoms with E-state index in [1.807, 2.05) is 4.68 Å². The molecule has 1 aromatic heterocycles. The molecule has 4 heteroatoms. The van der Waals surface area contributed by atoms with Crippen molar-refractivity contribution in [3.05, 3.63) is 11.2 Å². The predicted octanol–water partition coefficient (Wildman–Crippen LogP) is 1.92. The van der Waals surface area contributed by atoms with Gasteiger partial charge < -0.3 is 5.73 Å². The summed E-state index contributed by atoms with van der Waals surface area (Å²) in [5.41, 5.74) is 5.50. The van der Waals surface area contributed by atoms with Gasteiger partial charge in [-0.2, -0.15) is 5.10 Å². The van der Waals surface area contributed by atoms with Gasteiger partial charge in [0, 0.05) is 12.7 Å². The van der Waals surface area contributed by atoms with E-state index in [9.17, 15) is 0 Å². The zero-order valence-electron chi connectivity index (χ0n) is 6.83. The molecule has 0 unspecified atom stereocenters. The Morgan fingerprint density at radius 2 is 2.42 bits per heavy atom. The Kier molecular flexibility index (Phi) is 1.97. The third-order valence-electron chi connectivity index (χ3n) is 2.21. The molecule has 2 N–H and O–H groups in total. The van der Waals surface area contributed by atoms with Crippen LogP contribution in [0.2, 0.25) is 5.02 Å². The molecule has 1 saturated carbocycles. The molecule has 1 aromatic rings. The van der Waals surface area contributed by atoms with Gasteiger partial charge in [-0.1, -0.05) is 24.4 Å². The topological polar surface area (TPSA) is 43.8 Å². The van der Waals surface area contributed by atoms with Gasteiger partial charge in [0.1, 0.15) is 5.02 Å². The maximum absolute atomic E-state index is 5.75. The second kappa shape index (κ2) is 2.98. The monoisotopic (exact) mass is 185 g/mol. The third-order valence-corrected chi connectivity index (χ3v) is 2.50. The molecule has 0 amide bonds. The van der Waals surface area contributed by atoms with E-state index in [2.05, 4.69) is 5.10 Å². The van der Waals surface area contributed by atoms with Crippen LogP contribution in [0.3, 0.4) is 0 Å². The number of rotatable bonds is 3. The fourth-order valence-electron chi connectivity index (χ4n) is 1.25. The number of hydrogen-bond donors (Lipinski definition) is 1. The van der Waals surface area contributed by atoms with Gasteiger partial charge in [-0.15, -0.1) is 0 Å². The fraction of sp³-hybridized carbons (Fsp3) is 0.625. The standard InChI is InChI=1S/C8H12ClN3/c9-7-5-12(11-8(7)10)4-3-6-1-2-6/h5-6H,1-4H2,(H2,10,11). The number of nitrogens with two attached hydrogens (primary N) is 1. The summed E-state index contributed by atoms with van der Waals surface area (Å²) in [6.07, 6.45) is 5.76. The molecule has 0 bridgehead atoms. The molecule has 1 fully saturated rings. The van der Waals surface area contributed by atoms with Crippen molar-refractivity contribution in [1.29, 1.82) is 0 Å². The molecule has 0 atom stereocenters. The number of hydrogen-bond acceptors (Lipinski definition) is 2. The average Bonchev–Trinajstić information content (AvgIpc) is 2.78. The Morgan fingerprint density at radius 1 is 1.67 bits per heavy atom. The molecule has 0 saturated heterocycles. The number of anilines is 1. The van der Waals surface area contributed by atoms with E-state index in [1.165, 1.54) is 19.3 Å². The molecular formula is C8H12ClN3. The number of aromatic nitrogens is 2. The summed E-state index contributed by atoms with van der Waals surface area (Å²) in [5, 5.41) is 4.63. The molecule has 3 nitrogen and oxygen atoms in total. The second-order valence-corrected chi connectivity index (χ2v) is 3.76. The van der Waals surface area contributed by atoms with E-state index < -0.39 is 0 Å². The first-order valence-electron chi connectivity index (χ1n) is 4.24. The Hall–Kier alpha value is -0.700. The van der Waals surface area contributed by atoms with Crippen LogP contribution in [-0.2, 0) is 6.54 Å². The molecule has 0 radical (unpaired) electrons. The molecule has 2 rings (SSSR count). The molecule has 0 aromatic carbocycles. The summed E-state index contributed by atoms with van der Waals surface area (Å²) in [6.45, 7) is 0.946. The first-order chi connectivity index (χ1) is 5.75. The molecule has 1 aliphatic carbocycles. The van der Waals surface area contributed by atoms with Crippen molar-refractivity contribution in [3.63, 3.8) is 0 Å². The Balaban J connectivity index is 1.93. The van der Waals surface area contributed by atoms with Crippen LogP contribution in [0, 0.1) is 5.92 Å². The van der Waals surface area contributed by atoms with Gasteiger partial charge >= 0.3 is 0 Å². The van der Waals surface area contributed by atoms with Gasteiger partial charge in [-0.05, 0) is 12.3 Å². The summed E-state index contributed by atoms with van der Waals surface area (Å²) >= 11 is 5.75. The minimum atomic E-state index is 0.437. The van der Waals surface area contributed by atoms with Gasteiger partial charge in [-0.25, -0.2) is 0 Å². The van der Waals surface area contributed by atoms with E-state index in [1.54, 1.807) is 6.20 Å². The number of halogens is 1.